The van der Waals surface area contributed by atoms with E-state index in [1.807, 2.05) is 6.92 Å². The van der Waals surface area contributed by atoms with Crippen LogP contribution in [0.1, 0.15) is 78.1 Å². The molecule has 0 bridgehead atoms. The topological polar surface area (TPSA) is 40.5 Å². The summed E-state index contributed by atoms with van der Waals surface area (Å²) in [5, 5.41) is 18.8. The van der Waals surface area contributed by atoms with Gasteiger partial charge in [0.2, 0.25) is 0 Å². The summed E-state index contributed by atoms with van der Waals surface area (Å²) in [6.07, 6.45) is 10.9. The van der Waals surface area contributed by atoms with Crippen LogP contribution in [0.3, 0.4) is 0 Å². The van der Waals surface area contributed by atoms with E-state index in [-0.39, 0.29) is 12.2 Å². The second-order valence-electron chi connectivity index (χ2n) is 4.99. The molecule has 0 saturated heterocycles. The predicted octanol–water partition coefficient (Wildman–Crippen LogP) is 3.65. The van der Waals surface area contributed by atoms with Crippen LogP contribution < -0.4 is 0 Å². The van der Waals surface area contributed by atoms with Crippen LogP contribution in [0.5, 0.6) is 0 Å². The average molecular weight is 230 g/mol. The van der Waals surface area contributed by atoms with Gasteiger partial charge in [0, 0.05) is 0 Å². The van der Waals surface area contributed by atoms with Crippen LogP contribution in [-0.4, -0.2) is 22.4 Å². The Labute approximate surface area is 101 Å². The summed E-state index contributed by atoms with van der Waals surface area (Å²) in [5.74, 6) is 0. The minimum absolute atomic E-state index is 0.0803. The van der Waals surface area contributed by atoms with Crippen LogP contribution in [0.4, 0.5) is 0 Å². The third-order valence-corrected chi connectivity index (χ3v) is 3.05. The van der Waals surface area contributed by atoms with Crippen molar-refractivity contribution in [2.45, 2.75) is 90.3 Å². The van der Waals surface area contributed by atoms with Gasteiger partial charge in [-0.3, -0.25) is 0 Å². The Morgan fingerprint density at radius 1 is 0.750 bits per heavy atom. The molecule has 0 aromatic heterocycles. The zero-order valence-corrected chi connectivity index (χ0v) is 11.1. The molecule has 0 aliphatic rings. The van der Waals surface area contributed by atoms with Crippen LogP contribution >= 0.6 is 0 Å². The fraction of sp³-hybridized carbons (Fsp3) is 1.00. The largest absolute Gasteiger partial charge is 0.393 e. The zero-order chi connectivity index (χ0) is 12.2. The van der Waals surface area contributed by atoms with Gasteiger partial charge in [-0.25, -0.2) is 0 Å². The maximum atomic E-state index is 9.68. The molecule has 2 atom stereocenters. The molecular formula is C14H30O2. The van der Waals surface area contributed by atoms with Crippen molar-refractivity contribution in [2.24, 2.45) is 0 Å². The molecule has 0 aromatic carbocycles. The molecule has 2 heteroatoms. The fourth-order valence-corrected chi connectivity index (χ4v) is 1.95. The zero-order valence-electron chi connectivity index (χ0n) is 11.1. The number of hydrogen-bond donors (Lipinski definition) is 2. The van der Waals surface area contributed by atoms with Crippen LogP contribution in [0, 0.1) is 0 Å². The Balaban J connectivity index is 3.12. The van der Waals surface area contributed by atoms with Crippen LogP contribution in [-0.2, 0) is 0 Å². The first kappa shape index (κ1) is 15.9. The molecule has 0 saturated carbocycles. The first-order valence-electron chi connectivity index (χ1n) is 7.03. The van der Waals surface area contributed by atoms with Gasteiger partial charge in [0.1, 0.15) is 0 Å². The summed E-state index contributed by atoms with van der Waals surface area (Å²) >= 11 is 0. The molecule has 0 aromatic rings. The lowest BCUT2D eigenvalue weighted by molar-refractivity contribution is 0.146. The van der Waals surface area contributed by atoms with E-state index < -0.39 is 0 Å². The summed E-state index contributed by atoms with van der Waals surface area (Å²) in [7, 11) is 0. The number of rotatable bonds is 11. The van der Waals surface area contributed by atoms with E-state index in [0.29, 0.717) is 0 Å². The van der Waals surface area contributed by atoms with Gasteiger partial charge in [-0.1, -0.05) is 51.9 Å². The molecule has 98 valence electrons. The van der Waals surface area contributed by atoms with Crippen molar-refractivity contribution in [1.82, 2.24) is 0 Å². The number of hydrogen-bond acceptors (Lipinski definition) is 2. The van der Waals surface area contributed by atoms with E-state index in [2.05, 4.69) is 6.92 Å². The monoisotopic (exact) mass is 230 g/mol. The Kier molecular flexibility index (Phi) is 11.3. The predicted molar refractivity (Wildman–Crippen MR) is 69.5 cm³/mol. The van der Waals surface area contributed by atoms with Gasteiger partial charge >= 0.3 is 0 Å². The molecule has 0 aliphatic carbocycles. The van der Waals surface area contributed by atoms with Gasteiger partial charge in [0.05, 0.1) is 12.2 Å². The van der Waals surface area contributed by atoms with Crippen LogP contribution in [0.25, 0.3) is 0 Å². The Morgan fingerprint density at radius 2 is 1.25 bits per heavy atom. The van der Waals surface area contributed by atoms with E-state index >= 15 is 0 Å². The van der Waals surface area contributed by atoms with Crippen LogP contribution in [0.15, 0.2) is 0 Å². The molecule has 16 heavy (non-hydrogen) atoms. The first-order valence-corrected chi connectivity index (χ1v) is 7.03. The lowest BCUT2D eigenvalue weighted by Crippen LogP contribution is -2.06. The summed E-state index contributed by atoms with van der Waals surface area (Å²) in [4.78, 5) is 0. The lowest BCUT2D eigenvalue weighted by atomic mass is 10.0. The summed E-state index contributed by atoms with van der Waals surface area (Å²) in [6, 6.07) is 0. The molecule has 0 heterocycles. The van der Waals surface area contributed by atoms with E-state index in [9.17, 15) is 5.11 Å². The second-order valence-corrected chi connectivity index (χ2v) is 4.99. The Morgan fingerprint density at radius 3 is 1.75 bits per heavy atom. The molecule has 2 nitrogen and oxygen atoms in total. The molecule has 0 spiro atoms. The molecular weight excluding hydrogens is 200 g/mol. The average Bonchev–Trinajstić information content (AvgIpc) is 2.23. The first-order chi connectivity index (χ1) is 7.66. The third kappa shape index (κ3) is 12.0. The molecule has 0 fully saturated rings. The van der Waals surface area contributed by atoms with Crippen LogP contribution in [0.2, 0.25) is 0 Å². The maximum absolute atomic E-state index is 9.68. The molecule has 2 unspecified atom stereocenters. The van der Waals surface area contributed by atoms with E-state index in [1.54, 1.807) is 0 Å². The van der Waals surface area contributed by atoms with Crippen molar-refractivity contribution in [2.75, 3.05) is 0 Å². The van der Waals surface area contributed by atoms with E-state index in [0.717, 1.165) is 32.1 Å². The normalized spacial score (nSPS) is 15.0. The minimum Gasteiger partial charge on any atom is -0.393 e. The SMILES string of the molecule is CCCCCC(O)CCCCCCC(C)O. The second kappa shape index (κ2) is 11.4. The van der Waals surface area contributed by atoms with Gasteiger partial charge in [-0.15, -0.1) is 0 Å². The van der Waals surface area contributed by atoms with Gasteiger partial charge < -0.3 is 10.2 Å². The summed E-state index contributed by atoms with van der Waals surface area (Å²) in [5.41, 5.74) is 0. The maximum Gasteiger partial charge on any atom is 0.0540 e. The molecule has 2 N–H and O–H groups in total. The van der Waals surface area contributed by atoms with Crippen molar-refractivity contribution < 1.29 is 10.2 Å². The molecule has 0 aliphatic heterocycles. The number of unbranched alkanes of at least 4 members (excludes halogenated alkanes) is 5. The lowest BCUT2D eigenvalue weighted by Gasteiger charge is -2.10. The minimum atomic E-state index is -0.153. The van der Waals surface area contributed by atoms with Gasteiger partial charge in [0.15, 0.2) is 0 Å². The van der Waals surface area contributed by atoms with Crippen molar-refractivity contribution in [3.8, 4) is 0 Å². The van der Waals surface area contributed by atoms with E-state index in [4.69, 9.17) is 5.11 Å². The van der Waals surface area contributed by atoms with Crippen molar-refractivity contribution >= 4 is 0 Å². The van der Waals surface area contributed by atoms with Gasteiger partial charge in [0.25, 0.3) is 0 Å². The highest BCUT2D eigenvalue weighted by Crippen LogP contribution is 2.12. The van der Waals surface area contributed by atoms with Gasteiger partial charge in [-0.2, -0.15) is 0 Å². The van der Waals surface area contributed by atoms with Crippen molar-refractivity contribution in [3.63, 3.8) is 0 Å². The summed E-state index contributed by atoms with van der Waals surface area (Å²) < 4.78 is 0. The number of aliphatic hydroxyl groups excluding tert-OH is 2. The van der Waals surface area contributed by atoms with E-state index in [1.165, 1.54) is 32.1 Å². The molecule has 0 rings (SSSR count). The molecule has 0 amide bonds. The fourth-order valence-electron chi connectivity index (χ4n) is 1.95. The highest BCUT2D eigenvalue weighted by molar-refractivity contribution is 4.57. The quantitative estimate of drug-likeness (QED) is 0.532. The Hall–Kier alpha value is -0.0800. The Bertz CT molecular complexity index is 135. The van der Waals surface area contributed by atoms with Gasteiger partial charge in [-0.05, 0) is 26.2 Å². The highest BCUT2D eigenvalue weighted by atomic mass is 16.3. The number of aliphatic hydroxyl groups is 2. The van der Waals surface area contributed by atoms with Crippen molar-refractivity contribution in [3.05, 3.63) is 0 Å². The third-order valence-electron chi connectivity index (χ3n) is 3.05. The summed E-state index contributed by atoms with van der Waals surface area (Å²) in [6.45, 7) is 4.03. The standard InChI is InChI=1S/C14H30O2/c1-3-4-7-11-14(16)12-9-6-5-8-10-13(2)15/h13-16H,3-12H2,1-2H3. The smallest absolute Gasteiger partial charge is 0.0540 e. The molecule has 0 radical (unpaired) electrons. The van der Waals surface area contributed by atoms with Crippen molar-refractivity contribution in [1.29, 1.82) is 0 Å². The highest BCUT2D eigenvalue weighted by Gasteiger charge is 2.03.